The van der Waals surface area contributed by atoms with Gasteiger partial charge in [0.1, 0.15) is 6.61 Å². The molecule has 3 atom stereocenters. The molecule has 1 aliphatic heterocycles. The van der Waals surface area contributed by atoms with Crippen molar-refractivity contribution < 1.29 is 14.5 Å². The lowest BCUT2D eigenvalue weighted by molar-refractivity contribution is -0.389. The highest BCUT2D eigenvalue weighted by atomic mass is 17.2. The molecule has 1 saturated heterocycles. The molecule has 1 aromatic heterocycles. The van der Waals surface area contributed by atoms with Crippen LogP contribution in [-0.4, -0.2) is 49.0 Å². The van der Waals surface area contributed by atoms with Gasteiger partial charge in [-0.1, -0.05) is 30.4 Å². The van der Waals surface area contributed by atoms with Crippen LogP contribution < -0.4 is 0 Å². The van der Waals surface area contributed by atoms with Crippen molar-refractivity contribution >= 4 is 17.0 Å². The van der Waals surface area contributed by atoms with Crippen molar-refractivity contribution in [3.8, 4) is 0 Å². The fraction of sp³-hybridized carbons (Fsp3) is 0.450. The molecule has 5 nitrogen and oxygen atoms in total. The van der Waals surface area contributed by atoms with Crippen molar-refractivity contribution in [1.82, 2.24) is 9.88 Å². The first kappa shape index (κ1) is 18.0. The number of hydrogen-bond acceptors (Lipinski definition) is 5. The Morgan fingerprint density at radius 3 is 2.96 bits per heavy atom. The van der Waals surface area contributed by atoms with Gasteiger partial charge in [-0.2, -0.15) is 0 Å². The predicted molar refractivity (Wildman–Crippen MR) is 98.9 cm³/mol. The summed E-state index contributed by atoms with van der Waals surface area (Å²) < 4.78 is 5.77. The average Bonchev–Trinajstić information content (AvgIpc) is 2.61. The maximum Gasteiger partial charge on any atom is 0.192 e. The van der Waals surface area contributed by atoms with Crippen molar-refractivity contribution in [3.63, 3.8) is 0 Å². The Hall–Kier alpha value is -1.79. The highest BCUT2D eigenvalue weighted by Crippen LogP contribution is 2.23. The largest absolute Gasteiger partial charge is 0.347 e. The highest BCUT2D eigenvalue weighted by Gasteiger charge is 2.29. The minimum absolute atomic E-state index is 0.175. The Bertz CT molecular complexity index is 717. The molecule has 0 amide bonds. The zero-order chi connectivity index (χ0) is 17.6. The van der Waals surface area contributed by atoms with Crippen LogP contribution in [0.2, 0.25) is 0 Å². The van der Waals surface area contributed by atoms with Crippen LogP contribution in [0.15, 0.2) is 42.6 Å². The molecule has 0 aliphatic carbocycles. The van der Waals surface area contributed by atoms with E-state index in [9.17, 15) is 0 Å². The Morgan fingerprint density at radius 1 is 1.28 bits per heavy atom. The fourth-order valence-corrected chi connectivity index (χ4v) is 3.07. The van der Waals surface area contributed by atoms with Gasteiger partial charge in [-0.05, 0) is 45.1 Å². The van der Waals surface area contributed by atoms with Crippen molar-refractivity contribution in [2.75, 3.05) is 20.7 Å². The SMILES string of the molecule is C[C@@H]1C[C@H](N(C)C)C[C@H](OOC/C=C/c2cnc3ccccc3c2)O1. The summed E-state index contributed by atoms with van der Waals surface area (Å²) in [5.41, 5.74) is 2.04. The van der Waals surface area contributed by atoms with Gasteiger partial charge in [0.25, 0.3) is 0 Å². The van der Waals surface area contributed by atoms with Gasteiger partial charge in [0, 0.05) is 24.0 Å². The van der Waals surface area contributed by atoms with Gasteiger partial charge < -0.3 is 9.64 Å². The molecule has 1 aliphatic rings. The van der Waals surface area contributed by atoms with Gasteiger partial charge in [0.15, 0.2) is 6.29 Å². The maximum absolute atomic E-state index is 5.77. The van der Waals surface area contributed by atoms with Gasteiger partial charge >= 0.3 is 0 Å². The van der Waals surface area contributed by atoms with E-state index in [0.717, 1.165) is 29.3 Å². The Balaban J connectivity index is 1.46. The average molecular weight is 342 g/mol. The first-order valence-corrected chi connectivity index (χ1v) is 8.73. The highest BCUT2D eigenvalue weighted by molar-refractivity contribution is 5.80. The minimum atomic E-state index is -0.313. The van der Waals surface area contributed by atoms with Crippen molar-refractivity contribution in [3.05, 3.63) is 48.2 Å². The van der Waals surface area contributed by atoms with E-state index in [1.807, 2.05) is 36.5 Å². The number of hydrogen-bond donors (Lipinski definition) is 0. The van der Waals surface area contributed by atoms with Crippen molar-refractivity contribution in [2.24, 2.45) is 0 Å². The molecule has 0 saturated carbocycles. The van der Waals surface area contributed by atoms with Crippen LogP contribution in [0.4, 0.5) is 0 Å². The summed E-state index contributed by atoms with van der Waals surface area (Å²) >= 11 is 0. The molecule has 5 heteroatoms. The lowest BCUT2D eigenvalue weighted by atomic mass is 10.0. The lowest BCUT2D eigenvalue weighted by Crippen LogP contribution is -2.42. The Labute approximate surface area is 149 Å². The minimum Gasteiger partial charge on any atom is -0.347 e. The van der Waals surface area contributed by atoms with Crippen LogP contribution in [0.5, 0.6) is 0 Å². The van der Waals surface area contributed by atoms with Crippen LogP contribution >= 0.6 is 0 Å². The summed E-state index contributed by atoms with van der Waals surface area (Å²) in [5, 5.41) is 1.13. The maximum atomic E-state index is 5.77. The number of pyridine rings is 1. The molecule has 2 heterocycles. The predicted octanol–water partition coefficient (Wildman–Crippen LogP) is 3.65. The van der Waals surface area contributed by atoms with Crippen LogP contribution in [0.1, 0.15) is 25.3 Å². The number of benzene rings is 1. The number of ether oxygens (including phenoxy) is 1. The molecular formula is C20H26N2O3. The van der Waals surface area contributed by atoms with Crippen LogP contribution in [0.3, 0.4) is 0 Å². The third-order valence-corrected chi connectivity index (χ3v) is 4.44. The molecule has 0 radical (unpaired) electrons. The van der Waals surface area contributed by atoms with E-state index < -0.39 is 0 Å². The smallest absolute Gasteiger partial charge is 0.192 e. The molecule has 1 fully saturated rings. The van der Waals surface area contributed by atoms with Gasteiger partial charge in [0.05, 0.1) is 11.6 Å². The number of aromatic nitrogens is 1. The van der Waals surface area contributed by atoms with Crippen molar-refractivity contribution in [1.29, 1.82) is 0 Å². The summed E-state index contributed by atoms with van der Waals surface area (Å²) in [6.45, 7) is 2.44. The summed E-state index contributed by atoms with van der Waals surface area (Å²) in [5.74, 6) is 0. The molecule has 0 spiro atoms. The molecule has 134 valence electrons. The third-order valence-electron chi connectivity index (χ3n) is 4.44. The van der Waals surface area contributed by atoms with Gasteiger partial charge in [-0.3, -0.25) is 4.98 Å². The third kappa shape index (κ3) is 5.09. The zero-order valence-electron chi connectivity index (χ0n) is 15.1. The number of fused-ring (bicyclic) bond motifs is 1. The fourth-order valence-electron chi connectivity index (χ4n) is 3.07. The number of para-hydroxylation sites is 1. The van der Waals surface area contributed by atoms with Crippen LogP contribution in [0, 0.1) is 0 Å². The first-order chi connectivity index (χ1) is 12.1. The molecule has 0 bridgehead atoms. The second-order valence-electron chi connectivity index (χ2n) is 6.71. The van der Waals surface area contributed by atoms with E-state index in [4.69, 9.17) is 14.5 Å². The molecule has 25 heavy (non-hydrogen) atoms. The van der Waals surface area contributed by atoms with E-state index in [1.165, 1.54) is 0 Å². The van der Waals surface area contributed by atoms with E-state index in [-0.39, 0.29) is 12.4 Å². The molecule has 0 N–H and O–H groups in total. The summed E-state index contributed by atoms with van der Waals surface area (Å²) in [6, 6.07) is 10.6. The molecule has 3 rings (SSSR count). The Kier molecular flexibility index (Phi) is 6.15. The van der Waals surface area contributed by atoms with Crippen LogP contribution in [0.25, 0.3) is 17.0 Å². The number of nitrogens with zero attached hydrogens (tertiary/aromatic N) is 2. The van der Waals surface area contributed by atoms with Gasteiger partial charge in [0.2, 0.25) is 0 Å². The Morgan fingerprint density at radius 2 is 2.12 bits per heavy atom. The molecular weight excluding hydrogens is 316 g/mol. The van der Waals surface area contributed by atoms with Gasteiger partial charge in [-0.25, -0.2) is 9.78 Å². The lowest BCUT2D eigenvalue weighted by Gasteiger charge is -2.36. The second kappa shape index (κ2) is 8.54. The summed E-state index contributed by atoms with van der Waals surface area (Å²) in [4.78, 5) is 17.4. The standard InChI is InChI=1S/C20H26N2O3/c1-15-11-18(22(2)3)13-20(24-15)25-23-10-6-7-16-12-17-8-4-5-9-19(17)21-14-16/h4-9,12,14-15,18,20H,10-11,13H2,1-3H3/b7-6+/t15-,18+,20+/m1/s1. The quantitative estimate of drug-likeness (QED) is 0.455. The normalized spacial score (nSPS) is 24.4. The monoisotopic (exact) mass is 342 g/mol. The van der Waals surface area contributed by atoms with Gasteiger partial charge in [-0.15, -0.1) is 0 Å². The van der Waals surface area contributed by atoms with E-state index in [0.29, 0.717) is 12.6 Å². The molecule has 1 aromatic carbocycles. The summed E-state index contributed by atoms with van der Waals surface area (Å²) in [6.07, 6.45) is 7.45. The number of rotatable bonds is 6. The van der Waals surface area contributed by atoms with E-state index in [2.05, 4.69) is 43.0 Å². The zero-order valence-corrected chi connectivity index (χ0v) is 15.1. The van der Waals surface area contributed by atoms with E-state index in [1.54, 1.807) is 0 Å². The molecule has 2 aromatic rings. The topological polar surface area (TPSA) is 43.8 Å². The van der Waals surface area contributed by atoms with Crippen LogP contribution in [-0.2, 0) is 14.5 Å². The van der Waals surface area contributed by atoms with E-state index >= 15 is 0 Å². The first-order valence-electron chi connectivity index (χ1n) is 8.73. The van der Waals surface area contributed by atoms with Crippen molar-refractivity contribution in [2.45, 2.75) is 38.2 Å². The second-order valence-corrected chi connectivity index (χ2v) is 6.71. The molecule has 0 unspecified atom stereocenters. The summed E-state index contributed by atoms with van der Waals surface area (Å²) in [7, 11) is 4.17.